The number of nitrogens with one attached hydrogen (secondary N) is 1. The van der Waals surface area contributed by atoms with Crippen molar-refractivity contribution in [2.45, 2.75) is 25.3 Å². The third kappa shape index (κ3) is 6.04. The largest absolute Gasteiger partial charge is 0.349 e. The smallest absolute Gasteiger partial charge is 0.251 e. The maximum absolute atomic E-state index is 13.2. The fraction of sp³-hybridized carbons (Fsp3) is 0.138. The quantitative estimate of drug-likeness (QED) is 0.291. The SMILES string of the molecule is C[C@@H](NC(=O)c1cccc(-c2ccccc2)c1)[C@H](Cc1ccc(Cl)cc1)c1ccc(Cl)cc1. The van der Waals surface area contributed by atoms with E-state index in [1.807, 2.05) is 110 Å². The Morgan fingerprint density at radius 3 is 2.03 bits per heavy atom. The summed E-state index contributed by atoms with van der Waals surface area (Å²) in [4.78, 5) is 13.2. The molecule has 33 heavy (non-hydrogen) atoms. The van der Waals surface area contributed by atoms with Crippen molar-refractivity contribution in [3.63, 3.8) is 0 Å². The van der Waals surface area contributed by atoms with E-state index >= 15 is 0 Å². The average molecular weight is 474 g/mol. The van der Waals surface area contributed by atoms with E-state index in [2.05, 4.69) is 5.32 Å². The molecule has 0 fully saturated rings. The van der Waals surface area contributed by atoms with Crippen LogP contribution in [0, 0.1) is 0 Å². The first-order valence-electron chi connectivity index (χ1n) is 11.0. The second kappa shape index (κ2) is 10.7. The summed E-state index contributed by atoms with van der Waals surface area (Å²) >= 11 is 12.2. The van der Waals surface area contributed by atoms with Gasteiger partial charge in [-0.2, -0.15) is 0 Å². The summed E-state index contributed by atoms with van der Waals surface area (Å²) in [7, 11) is 0. The minimum Gasteiger partial charge on any atom is -0.349 e. The van der Waals surface area contributed by atoms with Gasteiger partial charge in [-0.1, -0.05) is 89.9 Å². The second-order valence-corrected chi connectivity index (χ2v) is 9.07. The van der Waals surface area contributed by atoms with Crippen molar-refractivity contribution in [2.24, 2.45) is 0 Å². The topological polar surface area (TPSA) is 29.1 Å². The van der Waals surface area contributed by atoms with Gasteiger partial charge in [-0.05, 0) is 72.0 Å². The number of carbonyl (C=O) groups excluding carboxylic acids is 1. The number of carbonyl (C=O) groups is 1. The lowest BCUT2D eigenvalue weighted by molar-refractivity contribution is 0.0934. The third-order valence-electron chi connectivity index (χ3n) is 5.86. The molecule has 0 bridgehead atoms. The monoisotopic (exact) mass is 473 g/mol. The Kier molecular flexibility index (Phi) is 7.49. The Morgan fingerprint density at radius 1 is 0.758 bits per heavy atom. The van der Waals surface area contributed by atoms with Gasteiger partial charge in [0.15, 0.2) is 0 Å². The highest BCUT2D eigenvalue weighted by molar-refractivity contribution is 6.30. The van der Waals surface area contributed by atoms with Crippen molar-refractivity contribution >= 4 is 29.1 Å². The summed E-state index contributed by atoms with van der Waals surface area (Å²) < 4.78 is 0. The Balaban J connectivity index is 1.56. The number of hydrogen-bond donors (Lipinski definition) is 1. The first-order chi connectivity index (χ1) is 16.0. The molecule has 0 aliphatic rings. The highest BCUT2D eigenvalue weighted by Gasteiger charge is 2.22. The van der Waals surface area contributed by atoms with Gasteiger partial charge in [0.05, 0.1) is 0 Å². The van der Waals surface area contributed by atoms with Gasteiger partial charge in [0.1, 0.15) is 0 Å². The predicted octanol–water partition coefficient (Wildman–Crippen LogP) is 7.81. The van der Waals surface area contributed by atoms with Gasteiger partial charge in [-0.25, -0.2) is 0 Å². The maximum Gasteiger partial charge on any atom is 0.251 e. The van der Waals surface area contributed by atoms with Crippen LogP contribution in [-0.4, -0.2) is 11.9 Å². The van der Waals surface area contributed by atoms with E-state index in [4.69, 9.17) is 23.2 Å². The lowest BCUT2D eigenvalue weighted by Crippen LogP contribution is -2.38. The number of halogens is 2. The Bertz CT molecular complexity index is 1200. The molecule has 2 atom stereocenters. The summed E-state index contributed by atoms with van der Waals surface area (Å²) in [6, 6.07) is 33.4. The van der Waals surface area contributed by atoms with E-state index in [9.17, 15) is 4.79 Å². The first kappa shape index (κ1) is 23.1. The molecule has 1 amide bonds. The van der Waals surface area contributed by atoms with Crippen LogP contribution in [-0.2, 0) is 6.42 Å². The van der Waals surface area contributed by atoms with Gasteiger partial charge in [-0.3, -0.25) is 4.79 Å². The maximum atomic E-state index is 13.2. The molecule has 0 aromatic heterocycles. The van der Waals surface area contributed by atoms with E-state index in [-0.39, 0.29) is 17.9 Å². The zero-order chi connectivity index (χ0) is 23.2. The molecule has 4 heteroatoms. The molecule has 0 unspecified atom stereocenters. The number of amides is 1. The third-order valence-corrected chi connectivity index (χ3v) is 6.37. The van der Waals surface area contributed by atoms with Gasteiger partial charge in [-0.15, -0.1) is 0 Å². The van der Waals surface area contributed by atoms with Crippen LogP contribution in [0.25, 0.3) is 11.1 Å². The van der Waals surface area contributed by atoms with E-state index in [1.165, 1.54) is 0 Å². The lowest BCUT2D eigenvalue weighted by atomic mass is 9.86. The molecule has 4 rings (SSSR count). The summed E-state index contributed by atoms with van der Waals surface area (Å²) in [5, 5.41) is 4.62. The molecule has 0 heterocycles. The molecule has 0 spiro atoms. The highest BCUT2D eigenvalue weighted by atomic mass is 35.5. The molecule has 0 radical (unpaired) electrons. The molecule has 1 N–H and O–H groups in total. The van der Waals surface area contributed by atoms with E-state index in [0.29, 0.717) is 15.6 Å². The van der Waals surface area contributed by atoms with E-state index < -0.39 is 0 Å². The molecule has 166 valence electrons. The Morgan fingerprint density at radius 2 is 1.36 bits per heavy atom. The molecular formula is C29H25Cl2NO. The van der Waals surface area contributed by atoms with E-state index in [1.54, 1.807) is 0 Å². The van der Waals surface area contributed by atoms with Crippen molar-refractivity contribution in [3.05, 3.63) is 130 Å². The van der Waals surface area contributed by atoms with Crippen LogP contribution >= 0.6 is 23.2 Å². The number of rotatable bonds is 7. The van der Waals surface area contributed by atoms with E-state index in [0.717, 1.165) is 28.7 Å². The molecule has 0 aliphatic carbocycles. The lowest BCUT2D eigenvalue weighted by Gasteiger charge is -2.26. The molecule has 0 aliphatic heterocycles. The van der Waals surface area contributed by atoms with Crippen molar-refractivity contribution < 1.29 is 4.79 Å². The molecule has 0 saturated carbocycles. The fourth-order valence-electron chi connectivity index (χ4n) is 4.03. The molecule has 4 aromatic rings. The Labute approximate surface area is 205 Å². The summed E-state index contributed by atoms with van der Waals surface area (Å²) in [5.74, 6) is -0.0138. The van der Waals surface area contributed by atoms with Crippen LogP contribution in [0.3, 0.4) is 0 Å². The van der Waals surface area contributed by atoms with Crippen molar-refractivity contribution in [2.75, 3.05) is 0 Å². The number of hydrogen-bond acceptors (Lipinski definition) is 1. The standard InChI is InChI=1S/C29H25Cl2NO/c1-20(32-29(33)25-9-5-8-24(19-25)22-6-3-2-4-7-22)28(23-12-16-27(31)17-13-23)18-21-10-14-26(30)15-11-21/h2-17,19-20,28H,18H2,1H3,(H,32,33)/t20-,28+/m1/s1. The van der Waals surface area contributed by atoms with Crippen LogP contribution in [0.1, 0.15) is 34.3 Å². The fourth-order valence-corrected chi connectivity index (χ4v) is 4.28. The predicted molar refractivity (Wildman–Crippen MR) is 138 cm³/mol. The minimum absolute atomic E-state index is 0.0738. The molecule has 0 saturated heterocycles. The van der Waals surface area contributed by atoms with Gasteiger partial charge in [0, 0.05) is 27.6 Å². The van der Waals surface area contributed by atoms with Crippen molar-refractivity contribution in [3.8, 4) is 11.1 Å². The summed E-state index contributed by atoms with van der Waals surface area (Å²) in [6.45, 7) is 2.05. The van der Waals surface area contributed by atoms with Crippen LogP contribution in [0.15, 0.2) is 103 Å². The Hall–Kier alpha value is -3.07. The van der Waals surface area contributed by atoms with Crippen LogP contribution < -0.4 is 5.32 Å². The zero-order valence-electron chi connectivity index (χ0n) is 18.3. The molecule has 4 aromatic carbocycles. The molecule has 2 nitrogen and oxygen atoms in total. The van der Waals surface area contributed by atoms with Crippen molar-refractivity contribution in [1.82, 2.24) is 5.32 Å². The first-order valence-corrected chi connectivity index (χ1v) is 11.7. The van der Waals surface area contributed by atoms with Crippen LogP contribution in [0.2, 0.25) is 10.0 Å². The highest BCUT2D eigenvalue weighted by Crippen LogP contribution is 2.27. The summed E-state index contributed by atoms with van der Waals surface area (Å²) in [6.07, 6.45) is 0.768. The molecular weight excluding hydrogens is 449 g/mol. The van der Waals surface area contributed by atoms with Gasteiger partial charge in [0.25, 0.3) is 5.91 Å². The van der Waals surface area contributed by atoms with Crippen LogP contribution in [0.4, 0.5) is 0 Å². The number of benzene rings is 4. The van der Waals surface area contributed by atoms with Gasteiger partial charge < -0.3 is 5.32 Å². The van der Waals surface area contributed by atoms with Crippen LogP contribution in [0.5, 0.6) is 0 Å². The average Bonchev–Trinajstić information content (AvgIpc) is 2.85. The summed E-state index contributed by atoms with van der Waals surface area (Å²) in [5.41, 5.74) is 5.03. The minimum atomic E-state index is -0.102. The normalized spacial score (nSPS) is 12.7. The second-order valence-electron chi connectivity index (χ2n) is 8.20. The zero-order valence-corrected chi connectivity index (χ0v) is 19.9. The van der Waals surface area contributed by atoms with Crippen molar-refractivity contribution in [1.29, 1.82) is 0 Å². The van der Waals surface area contributed by atoms with Gasteiger partial charge in [0.2, 0.25) is 0 Å². The van der Waals surface area contributed by atoms with Gasteiger partial charge >= 0.3 is 0 Å².